The third kappa shape index (κ3) is 4.49. The lowest BCUT2D eigenvalue weighted by atomic mass is 10.1. The van der Waals surface area contributed by atoms with E-state index in [1.165, 1.54) is 0 Å². The number of nitrogens with one attached hydrogen (secondary N) is 2. The van der Waals surface area contributed by atoms with Crippen LogP contribution in [0.15, 0.2) is 0 Å². The summed E-state index contributed by atoms with van der Waals surface area (Å²) >= 11 is 1.86. The van der Waals surface area contributed by atoms with Crippen LogP contribution in [0.2, 0.25) is 0 Å². The number of carbonyl (C=O) groups is 2. The van der Waals surface area contributed by atoms with E-state index in [1.54, 1.807) is 0 Å². The molecule has 0 spiro atoms. The van der Waals surface area contributed by atoms with Gasteiger partial charge in [-0.05, 0) is 18.8 Å². The highest BCUT2D eigenvalue weighted by atomic mass is 32.2. The molecule has 1 saturated heterocycles. The van der Waals surface area contributed by atoms with Gasteiger partial charge < -0.3 is 15.7 Å². The first-order chi connectivity index (χ1) is 8.65. The number of rotatable bonds is 6. The SMILES string of the molecule is O=C(O)CC(NC(=O)CC1CSCCN1)C1CC1. The van der Waals surface area contributed by atoms with E-state index in [9.17, 15) is 9.59 Å². The maximum atomic E-state index is 11.9. The molecule has 1 saturated carbocycles. The van der Waals surface area contributed by atoms with Gasteiger partial charge in [-0.25, -0.2) is 0 Å². The molecule has 0 aromatic rings. The van der Waals surface area contributed by atoms with E-state index in [4.69, 9.17) is 5.11 Å². The summed E-state index contributed by atoms with van der Waals surface area (Å²) in [4.78, 5) is 22.6. The zero-order valence-corrected chi connectivity index (χ0v) is 11.2. The Hall–Kier alpha value is -0.750. The lowest BCUT2D eigenvalue weighted by molar-refractivity contribution is -0.137. The standard InChI is InChI=1S/C12H20N2O3S/c15-11(5-9-7-18-4-3-13-9)14-10(6-12(16)17)8-1-2-8/h8-10,13H,1-7H2,(H,14,15)(H,16,17). The topological polar surface area (TPSA) is 78.4 Å². The molecule has 2 rings (SSSR count). The van der Waals surface area contributed by atoms with Gasteiger partial charge in [0.05, 0.1) is 6.42 Å². The molecule has 102 valence electrons. The summed E-state index contributed by atoms with van der Waals surface area (Å²) in [5.74, 6) is 1.58. The van der Waals surface area contributed by atoms with Crippen molar-refractivity contribution >= 4 is 23.6 Å². The van der Waals surface area contributed by atoms with Gasteiger partial charge in [0.1, 0.15) is 0 Å². The van der Waals surface area contributed by atoms with Crippen LogP contribution in [0.5, 0.6) is 0 Å². The average Bonchev–Trinajstić information content (AvgIpc) is 3.12. The van der Waals surface area contributed by atoms with E-state index >= 15 is 0 Å². The number of carbonyl (C=O) groups excluding carboxylic acids is 1. The van der Waals surface area contributed by atoms with Crippen molar-refractivity contribution in [2.45, 2.75) is 37.8 Å². The number of hydrogen-bond donors (Lipinski definition) is 3. The summed E-state index contributed by atoms with van der Waals surface area (Å²) in [6, 6.07) is 0.0553. The largest absolute Gasteiger partial charge is 0.481 e. The summed E-state index contributed by atoms with van der Waals surface area (Å²) in [7, 11) is 0. The van der Waals surface area contributed by atoms with E-state index in [1.807, 2.05) is 11.8 Å². The molecule has 2 atom stereocenters. The maximum Gasteiger partial charge on any atom is 0.305 e. The van der Waals surface area contributed by atoms with Gasteiger partial charge in [0.2, 0.25) is 5.91 Å². The van der Waals surface area contributed by atoms with Gasteiger partial charge in [0.15, 0.2) is 0 Å². The van der Waals surface area contributed by atoms with Crippen LogP contribution in [0.4, 0.5) is 0 Å². The van der Waals surface area contributed by atoms with Crippen LogP contribution in [-0.2, 0) is 9.59 Å². The molecule has 1 aliphatic carbocycles. The Kier molecular flexibility index (Phi) is 4.88. The molecule has 0 radical (unpaired) electrons. The van der Waals surface area contributed by atoms with Gasteiger partial charge in [-0.3, -0.25) is 9.59 Å². The Morgan fingerprint density at radius 3 is 2.78 bits per heavy atom. The van der Waals surface area contributed by atoms with Crippen molar-refractivity contribution in [3.63, 3.8) is 0 Å². The fourth-order valence-corrected chi connectivity index (χ4v) is 3.21. The second kappa shape index (κ2) is 6.43. The zero-order valence-electron chi connectivity index (χ0n) is 10.4. The minimum Gasteiger partial charge on any atom is -0.481 e. The predicted molar refractivity (Wildman–Crippen MR) is 70.6 cm³/mol. The highest BCUT2D eigenvalue weighted by Gasteiger charge is 2.34. The number of aliphatic carboxylic acids is 1. The average molecular weight is 272 g/mol. The monoisotopic (exact) mass is 272 g/mol. The zero-order chi connectivity index (χ0) is 13.0. The van der Waals surface area contributed by atoms with Crippen LogP contribution in [-0.4, -0.2) is 47.1 Å². The molecule has 2 fully saturated rings. The predicted octanol–water partition coefficient (Wildman–Crippen LogP) is 0.451. The van der Waals surface area contributed by atoms with Crippen molar-refractivity contribution in [1.29, 1.82) is 0 Å². The van der Waals surface area contributed by atoms with E-state index < -0.39 is 5.97 Å². The molecule has 2 aliphatic rings. The number of carboxylic acid groups (broad SMARTS) is 1. The van der Waals surface area contributed by atoms with E-state index in [0.717, 1.165) is 30.9 Å². The van der Waals surface area contributed by atoms with Crippen molar-refractivity contribution in [3.8, 4) is 0 Å². The van der Waals surface area contributed by atoms with Gasteiger partial charge in [0, 0.05) is 36.6 Å². The summed E-state index contributed by atoms with van der Waals surface area (Å²) in [6.07, 6.45) is 2.57. The molecule has 6 heteroatoms. The van der Waals surface area contributed by atoms with Gasteiger partial charge in [-0.1, -0.05) is 0 Å². The molecule has 1 amide bonds. The minimum atomic E-state index is -0.835. The fraction of sp³-hybridized carbons (Fsp3) is 0.833. The third-order valence-corrected chi connectivity index (χ3v) is 4.49. The highest BCUT2D eigenvalue weighted by molar-refractivity contribution is 7.99. The van der Waals surface area contributed by atoms with Crippen LogP contribution < -0.4 is 10.6 Å². The van der Waals surface area contributed by atoms with Crippen molar-refractivity contribution < 1.29 is 14.7 Å². The molecule has 18 heavy (non-hydrogen) atoms. The molecule has 2 unspecified atom stereocenters. The number of thioether (sulfide) groups is 1. The number of hydrogen-bond acceptors (Lipinski definition) is 4. The van der Waals surface area contributed by atoms with E-state index in [0.29, 0.717) is 12.3 Å². The minimum absolute atomic E-state index is 0.0202. The van der Waals surface area contributed by atoms with Crippen molar-refractivity contribution in [3.05, 3.63) is 0 Å². The van der Waals surface area contributed by atoms with E-state index in [2.05, 4.69) is 10.6 Å². The molecule has 0 aromatic heterocycles. The van der Waals surface area contributed by atoms with Crippen LogP contribution in [0, 0.1) is 5.92 Å². The lowest BCUT2D eigenvalue weighted by Gasteiger charge is -2.24. The van der Waals surface area contributed by atoms with E-state index in [-0.39, 0.29) is 24.4 Å². The Balaban J connectivity index is 1.75. The second-order valence-corrected chi connectivity index (χ2v) is 6.19. The Morgan fingerprint density at radius 2 is 2.22 bits per heavy atom. The first-order valence-corrected chi connectivity index (χ1v) is 7.63. The molecule has 0 aromatic carbocycles. The van der Waals surface area contributed by atoms with Crippen molar-refractivity contribution in [2.24, 2.45) is 5.92 Å². The van der Waals surface area contributed by atoms with Crippen LogP contribution >= 0.6 is 11.8 Å². The molecule has 5 nitrogen and oxygen atoms in total. The highest BCUT2D eigenvalue weighted by Crippen LogP contribution is 2.34. The molecular formula is C12H20N2O3S. The Bertz CT molecular complexity index is 314. The van der Waals surface area contributed by atoms with Crippen LogP contribution in [0.25, 0.3) is 0 Å². The van der Waals surface area contributed by atoms with Crippen LogP contribution in [0.1, 0.15) is 25.7 Å². The summed E-state index contributed by atoms with van der Waals surface area (Å²) in [6.45, 7) is 0.948. The molecular weight excluding hydrogens is 252 g/mol. The molecule has 0 bridgehead atoms. The Morgan fingerprint density at radius 1 is 1.44 bits per heavy atom. The fourth-order valence-electron chi connectivity index (χ4n) is 2.26. The Labute approximate surface area is 111 Å². The summed E-state index contributed by atoms with van der Waals surface area (Å²) < 4.78 is 0. The maximum absolute atomic E-state index is 11.9. The van der Waals surface area contributed by atoms with Crippen molar-refractivity contribution in [1.82, 2.24) is 10.6 Å². The summed E-state index contributed by atoms with van der Waals surface area (Å²) in [5, 5.41) is 15.0. The first-order valence-electron chi connectivity index (χ1n) is 6.47. The summed E-state index contributed by atoms with van der Waals surface area (Å²) in [5.41, 5.74) is 0. The third-order valence-electron chi connectivity index (χ3n) is 3.36. The van der Waals surface area contributed by atoms with Crippen molar-refractivity contribution in [2.75, 3.05) is 18.1 Å². The van der Waals surface area contributed by atoms with Gasteiger partial charge in [-0.2, -0.15) is 11.8 Å². The lowest BCUT2D eigenvalue weighted by Crippen LogP contribution is -2.44. The molecule has 3 N–H and O–H groups in total. The second-order valence-electron chi connectivity index (χ2n) is 5.04. The first kappa shape index (κ1) is 13.7. The molecule has 1 aliphatic heterocycles. The van der Waals surface area contributed by atoms with Crippen LogP contribution in [0.3, 0.4) is 0 Å². The number of amides is 1. The normalized spacial score (nSPS) is 25.4. The molecule has 1 heterocycles. The van der Waals surface area contributed by atoms with Gasteiger partial charge in [-0.15, -0.1) is 0 Å². The van der Waals surface area contributed by atoms with Gasteiger partial charge >= 0.3 is 5.97 Å². The quantitative estimate of drug-likeness (QED) is 0.654. The smallest absolute Gasteiger partial charge is 0.305 e. The number of carboxylic acids is 1. The van der Waals surface area contributed by atoms with Gasteiger partial charge in [0.25, 0.3) is 0 Å².